The molecule has 0 heterocycles. The maximum atomic E-state index is 9.77. The molecule has 86 valence electrons. The number of hydrogen-bond acceptors (Lipinski definition) is 1. The van der Waals surface area contributed by atoms with Crippen molar-refractivity contribution < 1.29 is 22.4 Å². The summed E-state index contributed by atoms with van der Waals surface area (Å²) in [6.07, 6.45) is 7.03. The third-order valence-electron chi connectivity index (χ3n) is 2.45. The molecule has 2 N–H and O–H groups in total. The number of halogens is 1. The molecule has 0 saturated carbocycles. The number of quaternary nitrogens is 1. The lowest BCUT2D eigenvalue weighted by Crippen LogP contribution is -3.05. The topological polar surface area (TPSA) is 24.7 Å². The van der Waals surface area contributed by atoms with Gasteiger partial charge in [-0.05, 0) is 31.1 Å². The lowest BCUT2D eigenvalue weighted by molar-refractivity contribution is -0.850. The van der Waals surface area contributed by atoms with Crippen molar-refractivity contribution in [2.45, 2.75) is 25.4 Å². The maximum absolute atomic E-state index is 9.77. The first kappa shape index (κ1) is 14.5. The highest BCUT2D eigenvalue weighted by molar-refractivity contribution is 5.08. The molecule has 0 saturated heterocycles. The minimum absolute atomic E-state index is 0. The first-order valence-electron chi connectivity index (χ1n) is 5.30. The molecule has 2 nitrogen and oxygen atoms in total. The summed E-state index contributed by atoms with van der Waals surface area (Å²) >= 11 is 0. The molecule has 0 aromatic rings. The van der Waals surface area contributed by atoms with E-state index in [0.717, 1.165) is 25.8 Å². The van der Waals surface area contributed by atoms with Gasteiger partial charge in [-0.15, -0.1) is 0 Å². The van der Waals surface area contributed by atoms with Crippen molar-refractivity contribution >= 4 is 0 Å². The quantitative estimate of drug-likeness (QED) is 0.380. The van der Waals surface area contributed by atoms with Crippen LogP contribution in [0.5, 0.6) is 0 Å². The van der Waals surface area contributed by atoms with E-state index in [2.05, 4.69) is 38.1 Å². The Morgan fingerprint density at radius 1 is 1.47 bits per heavy atom. The van der Waals surface area contributed by atoms with E-state index in [1.54, 1.807) is 0 Å². The summed E-state index contributed by atoms with van der Waals surface area (Å²) in [4.78, 5) is 1.30. The monoisotopic (exact) mass is 229 g/mol. The molecule has 1 aliphatic rings. The Hall–Kier alpha value is -0.490. The number of nitrogens with one attached hydrogen (secondary N) is 1. The van der Waals surface area contributed by atoms with Crippen LogP contribution >= 0.6 is 0 Å². The van der Waals surface area contributed by atoms with Crippen molar-refractivity contribution in [2.24, 2.45) is 5.92 Å². The molecule has 2 atom stereocenters. The summed E-state index contributed by atoms with van der Waals surface area (Å²) in [6, 6.07) is 0. The molecule has 0 aromatic heterocycles. The fourth-order valence-electron chi connectivity index (χ4n) is 1.55. The summed E-state index contributed by atoms with van der Waals surface area (Å²) in [5.74, 6) is 6.31. The van der Waals surface area contributed by atoms with Crippen LogP contribution < -0.4 is 17.3 Å². The van der Waals surface area contributed by atoms with Crippen LogP contribution in [0.1, 0.15) is 19.3 Å². The Morgan fingerprint density at radius 2 is 2.20 bits per heavy atom. The minimum atomic E-state index is -0.431. The largest absolute Gasteiger partial charge is 1.00 e. The van der Waals surface area contributed by atoms with Gasteiger partial charge in [0.15, 0.2) is 0 Å². The second-order valence-electron chi connectivity index (χ2n) is 4.19. The molecular formula is C12H20ClNO. The zero-order valence-electron chi connectivity index (χ0n) is 9.46. The predicted molar refractivity (Wildman–Crippen MR) is 57.9 cm³/mol. The zero-order chi connectivity index (χ0) is 10.4. The van der Waals surface area contributed by atoms with Crippen LogP contribution in [-0.4, -0.2) is 31.9 Å². The smallest absolute Gasteiger partial charge is 0.139 e. The molecular weight excluding hydrogens is 210 g/mol. The lowest BCUT2D eigenvalue weighted by Gasteiger charge is -2.19. The number of aliphatic hydroxyl groups is 1. The summed E-state index contributed by atoms with van der Waals surface area (Å²) in [6.45, 7) is 0.805. The number of aliphatic hydroxyl groups excluding tert-OH is 1. The van der Waals surface area contributed by atoms with Gasteiger partial charge in [0.2, 0.25) is 0 Å². The fourth-order valence-corrected chi connectivity index (χ4v) is 1.55. The van der Waals surface area contributed by atoms with Gasteiger partial charge in [0, 0.05) is 0 Å². The number of allylic oxidation sites excluding steroid dienone is 2. The summed E-state index contributed by atoms with van der Waals surface area (Å²) < 4.78 is 0. The fraction of sp³-hybridized carbons (Fsp3) is 0.667. The van der Waals surface area contributed by atoms with E-state index in [1.165, 1.54) is 4.90 Å². The molecule has 1 rings (SSSR count). The van der Waals surface area contributed by atoms with Crippen LogP contribution in [0.2, 0.25) is 0 Å². The van der Waals surface area contributed by atoms with E-state index in [0.29, 0.717) is 5.92 Å². The van der Waals surface area contributed by atoms with Crippen molar-refractivity contribution in [1.82, 2.24) is 0 Å². The normalized spacial score (nSPS) is 21.5. The van der Waals surface area contributed by atoms with Crippen LogP contribution in [0.25, 0.3) is 0 Å². The van der Waals surface area contributed by atoms with E-state index in [1.807, 2.05) is 0 Å². The molecule has 1 aliphatic carbocycles. The van der Waals surface area contributed by atoms with Crippen molar-refractivity contribution in [3.8, 4) is 11.8 Å². The average molecular weight is 230 g/mol. The van der Waals surface area contributed by atoms with E-state index < -0.39 is 6.10 Å². The first-order chi connectivity index (χ1) is 6.70. The van der Waals surface area contributed by atoms with Gasteiger partial charge in [0.1, 0.15) is 12.6 Å². The first-order valence-corrected chi connectivity index (χ1v) is 5.30. The van der Waals surface area contributed by atoms with Crippen molar-refractivity contribution in [3.05, 3.63) is 12.2 Å². The molecule has 0 radical (unpaired) electrons. The van der Waals surface area contributed by atoms with Gasteiger partial charge in [-0.25, -0.2) is 0 Å². The van der Waals surface area contributed by atoms with Crippen molar-refractivity contribution in [2.75, 3.05) is 20.6 Å². The Balaban J connectivity index is 0.00000196. The summed E-state index contributed by atoms with van der Waals surface area (Å²) in [5, 5.41) is 9.77. The van der Waals surface area contributed by atoms with Gasteiger partial charge in [-0.2, -0.15) is 0 Å². The third kappa shape index (κ3) is 5.84. The standard InChI is InChI=1S/C12H19NO.ClH/c1-13(2)10-6-9-12(14)11-7-4-3-5-8-11;/h3-4,11-12,14H,5,7-8,10H2,1-2H3;1H. The Kier molecular flexibility index (Phi) is 7.50. The second kappa shape index (κ2) is 7.76. The van der Waals surface area contributed by atoms with Gasteiger partial charge in [-0.1, -0.05) is 18.1 Å². The third-order valence-corrected chi connectivity index (χ3v) is 2.45. The van der Waals surface area contributed by atoms with Crippen LogP contribution in [0.4, 0.5) is 0 Å². The van der Waals surface area contributed by atoms with Crippen molar-refractivity contribution in [1.29, 1.82) is 0 Å². The number of rotatable bonds is 2. The van der Waals surface area contributed by atoms with E-state index in [9.17, 15) is 5.11 Å². The zero-order valence-corrected chi connectivity index (χ0v) is 10.2. The summed E-state index contributed by atoms with van der Waals surface area (Å²) in [5.41, 5.74) is 0. The molecule has 0 spiro atoms. The van der Waals surface area contributed by atoms with E-state index in [-0.39, 0.29) is 12.4 Å². The van der Waals surface area contributed by atoms with Crippen molar-refractivity contribution in [3.63, 3.8) is 0 Å². The summed E-state index contributed by atoms with van der Waals surface area (Å²) in [7, 11) is 4.12. The lowest BCUT2D eigenvalue weighted by atomic mass is 9.90. The molecule has 0 aliphatic heterocycles. The highest BCUT2D eigenvalue weighted by Crippen LogP contribution is 2.21. The van der Waals surface area contributed by atoms with Gasteiger partial charge in [-0.3, -0.25) is 0 Å². The molecule has 2 unspecified atom stereocenters. The molecule has 15 heavy (non-hydrogen) atoms. The number of hydrogen-bond donors (Lipinski definition) is 2. The van der Waals surface area contributed by atoms with Crippen LogP contribution in [0.3, 0.4) is 0 Å². The molecule has 3 heteroatoms. The Morgan fingerprint density at radius 3 is 2.73 bits per heavy atom. The SMILES string of the molecule is C[NH+](C)CC#CC(O)C1CC=CCC1.[Cl-]. The van der Waals surface area contributed by atoms with Gasteiger partial charge >= 0.3 is 0 Å². The molecule has 0 bridgehead atoms. The second-order valence-corrected chi connectivity index (χ2v) is 4.19. The highest BCUT2D eigenvalue weighted by Gasteiger charge is 2.16. The van der Waals surface area contributed by atoms with Gasteiger partial charge in [0.25, 0.3) is 0 Å². The Labute approximate surface area is 98.8 Å². The van der Waals surface area contributed by atoms with Gasteiger partial charge < -0.3 is 22.4 Å². The predicted octanol–water partition coefficient (Wildman–Crippen LogP) is -3.14. The molecule has 0 fully saturated rings. The van der Waals surface area contributed by atoms with E-state index in [4.69, 9.17) is 0 Å². The van der Waals surface area contributed by atoms with Gasteiger partial charge in [0.05, 0.1) is 14.1 Å². The Bertz CT molecular complexity index is 252. The van der Waals surface area contributed by atoms with Crippen LogP contribution in [-0.2, 0) is 0 Å². The molecule has 0 aromatic carbocycles. The van der Waals surface area contributed by atoms with E-state index >= 15 is 0 Å². The molecule has 0 amide bonds. The average Bonchev–Trinajstić information content (AvgIpc) is 2.18. The minimum Gasteiger partial charge on any atom is -1.00 e. The van der Waals surface area contributed by atoms with Crippen LogP contribution in [0, 0.1) is 17.8 Å². The van der Waals surface area contributed by atoms with Crippen LogP contribution in [0.15, 0.2) is 12.2 Å². The maximum Gasteiger partial charge on any atom is 0.139 e. The highest BCUT2D eigenvalue weighted by atomic mass is 35.5.